The summed E-state index contributed by atoms with van der Waals surface area (Å²) in [7, 11) is 1.58. The van der Waals surface area contributed by atoms with Crippen LogP contribution in [0.15, 0.2) is 64.3 Å². The van der Waals surface area contributed by atoms with Gasteiger partial charge in [-0.05, 0) is 43.3 Å². The zero-order valence-electron chi connectivity index (χ0n) is 16.1. The van der Waals surface area contributed by atoms with Gasteiger partial charge >= 0.3 is 0 Å². The summed E-state index contributed by atoms with van der Waals surface area (Å²) in [5.41, 5.74) is 0.722. The van der Waals surface area contributed by atoms with Crippen LogP contribution in [-0.2, 0) is 11.3 Å². The van der Waals surface area contributed by atoms with Crippen molar-refractivity contribution in [2.45, 2.75) is 19.5 Å². The number of rotatable bonds is 7. The average molecular weight is 395 g/mol. The number of amides is 1. The third-order valence-corrected chi connectivity index (χ3v) is 4.37. The molecule has 1 aromatic carbocycles. The van der Waals surface area contributed by atoms with E-state index in [1.165, 1.54) is 23.0 Å². The van der Waals surface area contributed by atoms with E-state index in [0.29, 0.717) is 11.4 Å². The Bertz CT molecular complexity index is 1100. The molecule has 150 valence electrons. The molecule has 0 aliphatic carbocycles. The van der Waals surface area contributed by atoms with Crippen molar-refractivity contribution >= 4 is 5.91 Å². The molecule has 0 radical (unpaired) electrons. The normalized spacial score (nSPS) is 11.7. The zero-order valence-corrected chi connectivity index (χ0v) is 16.1. The van der Waals surface area contributed by atoms with Gasteiger partial charge in [0.1, 0.15) is 11.8 Å². The molecule has 0 saturated carbocycles. The molecule has 2 heterocycles. The standard InChI is InChI=1S/C20H21N5O4/c1-14(20(28)21-12-13-24-18(26)4-3-11-22-24)25-19(27)10-9-17(23-25)15-5-7-16(29-2)8-6-15/h3-11,14H,12-13H2,1-2H3,(H,21,28). The number of ether oxygens (including phenoxy) is 1. The van der Waals surface area contributed by atoms with E-state index < -0.39 is 6.04 Å². The molecule has 0 aliphatic rings. The first-order chi connectivity index (χ1) is 14.0. The number of methoxy groups -OCH3 is 1. The second-order valence-electron chi connectivity index (χ2n) is 6.28. The van der Waals surface area contributed by atoms with Gasteiger partial charge < -0.3 is 10.1 Å². The van der Waals surface area contributed by atoms with Crippen molar-refractivity contribution in [1.82, 2.24) is 24.9 Å². The number of aromatic nitrogens is 4. The quantitative estimate of drug-likeness (QED) is 0.636. The van der Waals surface area contributed by atoms with Crippen molar-refractivity contribution in [3.05, 3.63) is 75.4 Å². The van der Waals surface area contributed by atoms with Crippen LogP contribution in [-0.4, -0.2) is 39.1 Å². The molecule has 0 bridgehead atoms. The molecule has 3 aromatic rings. The van der Waals surface area contributed by atoms with Gasteiger partial charge in [-0.2, -0.15) is 10.2 Å². The van der Waals surface area contributed by atoms with Gasteiger partial charge in [-0.25, -0.2) is 9.36 Å². The fourth-order valence-corrected chi connectivity index (χ4v) is 2.72. The lowest BCUT2D eigenvalue weighted by atomic mass is 10.1. The maximum Gasteiger partial charge on any atom is 0.267 e. The van der Waals surface area contributed by atoms with E-state index in [4.69, 9.17) is 4.74 Å². The summed E-state index contributed by atoms with van der Waals surface area (Å²) >= 11 is 0. The Morgan fingerprint density at radius 2 is 1.86 bits per heavy atom. The number of hydrogen-bond acceptors (Lipinski definition) is 6. The van der Waals surface area contributed by atoms with Crippen molar-refractivity contribution in [3.8, 4) is 17.0 Å². The van der Waals surface area contributed by atoms with Crippen LogP contribution >= 0.6 is 0 Å². The molecule has 9 heteroatoms. The van der Waals surface area contributed by atoms with Gasteiger partial charge in [-0.15, -0.1) is 0 Å². The van der Waals surface area contributed by atoms with Crippen LogP contribution in [0.1, 0.15) is 13.0 Å². The Hall–Kier alpha value is -3.75. The smallest absolute Gasteiger partial charge is 0.267 e. The summed E-state index contributed by atoms with van der Waals surface area (Å²) in [6, 6.07) is 12.4. The van der Waals surface area contributed by atoms with Crippen LogP contribution in [0.2, 0.25) is 0 Å². The van der Waals surface area contributed by atoms with Gasteiger partial charge in [-0.3, -0.25) is 14.4 Å². The van der Waals surface area contributed by atoms with Crippen LogP contribution in [0.25, 0.3) is 11.3 Å². The summed E-state index contributed by atoms with van der Waals surface area (Å²) in [5, 5.41) is 11.0. The maximum absolute atomic E-state index is 12.5. The summed E-state index contributed by atoms with van der Waals surface area (Å²) in [4.78, 5) is 36.3. The molecule has 0 spiro atoms. The highest BCUT2D eigenvalue weighted by atomic mass is 16.5. The Morgan fingerprint density at radius 3 is 2.55 bits per heavy atom. The van der Waals surface area contributed by atoms with Crippen molar-refractivity contribution in [3.63, 3.8) is 0 Å². The number of carbonyl (C=O) groups excluding carboxylic acids is 1. The van der Waals surface area contributed by atoms with Crippen LogP contribution in [0.3, 0.4) is 0 Å². The predicted molar refractivity (Wildman–Crippen MR) is 107 cm³/mol. The molecule has 1 unspecified atom stereocenters. The van der Waals surface area contributed by atoms with E-state index in [1.54, 1.807) is 38.3 Å². The van der Waals surface area contributed by atoms with E-state index in [1.807, 2.05) is 12.1 Å². The summed E-state index contributed by atoms with van der Waals surface area (Å²) in [5.74, 6) is 0.331. The first-order valence-electron chi connectivity index (χ1n) is 9.04. The lowest BCUT2D eigenvalue weighted by molar-refractivity contribution is -0.124. The number of benzene rings is 1. The lowest BCUT2D eigenvalue weighted by Gasteiger charge is -2.15. The zero-order chi connectivity index (χ0) is 20.8. The maximum atomic E-state index is 12.5. The Kier molecular flexibility index (Phi) is 6.18. The summed E-state index contributed by atoms with van der Waals surface area (Å²) in [6.07, 6.45) is 1.50. The molecule has 0 aliphatic heterocycles. The topological polar surface area (TPSA) is 108 Å². The van der Waals surface area contributed by atoms with Gasteiger partial charge in [0.25, 0.3) is 11.1 Å². The van der Waals surface area contributed by atoms with Gasteiger partial charge in [0.2, 0.25) is 5.91 Å². The lowest BCUT2D eigenvalue weighted by Crippen LogP contribution is -2.39. The SMILES string of the molecule is COc1ccc(-c2ccc(=O)n(C(C)C(=O)NCCn3ncccc3=O)n2)cc1. The molecule has 29 heavy (non-hydrogen) atoms. The largest absolute Gasteiger partial charge is 0.497 e. The first-order valence-corrected chi connectivity index (χ1v) is 9.04. The van der Waals surface area contributed by atoms with E-state index in [9.17, 15) is 14.4 Å². The molecular formula is C20H21N5O4. The minimum absolute atomic E-state index is 0.201. The molecule has 9 nitrogen and oxygen atoms in total. The molecule has 0 fully saturated rings. The van der Waals surface area contributed by atoms with E-state index in [-0.39, 0.29) is 30.1 Å². The number of nitrogens with zero attached hydrogens (tertiary/aromatic N) is 4. The fraction of sp³-hybridized carbons (Fsp3) is 0.250. The second-order valence-corrected chi connectivity index (χ2v) is 6.28. The van der Waals surface area contributed by atoms with Crippen molar-refractivity contribution < 1.29 is 9.53 Å². The molecule has 2 aromatic heterocycles. The van der Waals surface area contributed by atoms with E-state index >= 15 is 0 Å². The van der Waals surface area contributed by atoms with Crippen molar-refractivity contribution in [2.75, 3.05) is 13.7 Å². The minimum Gasteiger partial charge on any atom is -0.497 e. The van der Waals surface area contributed by atoms with Crippen molar-refractivity contribution in [2.24, 2.45) is 0 Å². The van der Waals surface area contributed by atoms with Gasteiger partial charge in [0.05, 0.1) is 19.3 Å². The summed E-state index contributed by atoms with van der Waals surface area (Å²) < 4.78 is 7.53. The summed E-state index contributed by atoms with van der Waals surface area (Å²) in [6.45, 7) is 2.02. The second kappa shape index (κ2) is 8.96. The average Bonchev–Trinajstić information content (AvgIpc) is 2.75. The molecule has 1 atom stereocenters. The Labute approximate surface area is 166 Å². The monoisotopic (exact) mass is 395 g/mol. The molecule has 0 saturated heterocycles. The molecule has 1 amide bonds. The highest BCUT2D eigenvalue weighted by Crippen LogP contribution is 2.20. The third kappa shape index (κ3) is 4.75. The van der Waals surface area contributed by atoms with Crippen LogP contribution in [0.5, 0.6) is 5.75 Å². The minimum atomic E-state index is -0.818. The van der Waals surface area contributed by atoms with Crippen LogP contribution in [0, 0.1) is 0 Å². The van der Waals surface area contributed by atoms with Gasteiger partial charge in [0.15, 0.2) is 0 Å². The highest BCUT2D eigenvalue weighted by Gasteiger charge is 2.18. The number of nitrogens with one attached hydrogen (secondary N) is 1. The Morgan fingerprint density at radius 1 is 1.10 bits per heavy atom. The van der Waals surface area contributed by atoms with Gasteiger partial charge in [-0.1, -0.05) is 0 Å². The highest BCUT2D eigenvalue weighted by molar-refractivity contribution is 5.79. The predicted octanol–water partition coefficient (Wildman–Crippen LogP) is 0.853. The van der Waals surface area contributed by atoms with E-state index in [0.717, 1.165) is 10.2 Å². The Balaban J connectivity index is 1.71. The van der Waals surface area contributed by atoms with Crippen LogP contribution < -0.4 is 21.2 Å². The molecule has 1 N–H and O–H groups in total. The fourth-order valence-electron chi connectivity index (χ4n) is 2.72. The molecular weight excluding hydrogens is 374 g/mol. The van der Waals surface area contributed by atoms with Crippen LogP contribution in [0.4, 0.5) is 0 Å². The first kappa shape index (κ1) is 20.0. The number of carbonyl (C=O) groups is 1. The van der Waals surface area contributed by atoms with Crippen molar-refractivity contribution in [1.29, 1.82) is 0 Å². The molecule has 3 rings (SSSR count). The van der Waals surface area contributed by atoms with E-state index in [2.05, 4.69) is 15.5 Å². The third-order valence-electron chi connectivity index (χ3n) is 4.37. The van der Waals surface area contributed by atoms with Gasteiger partial charge in [0, 0.05) is 30.4 Å². The number of hydrogen-bond donors (Lipinski definition) is 1.